The Labute approximate surface area is 220 Å². The second kappa shape index (κ2) is 10.0. The number of benzene rings is 3. The maximum absolute atomic E-state index is 13.5. The standard InChI is InChI=1S/C31H29N3O4/c1-18-13-25(20(3)33-27-8-6-5-7-24(27)31(36)37)30-26(14-18)28(35)19(2)29(38-30)23-11-9-21(10-12-23)15-22-16-32-34(4)17-22/h5-14,16-17,20,33H,15H2,1-4H3,(H,36,37)/t20-/m1/s1. The number of hydrogen-bond donors (Lipinski definition) is 2. The molecule has 5 rings (SSSR count). The van der Waals surface area contributed by atoms with Gasteiger partial charge in [-0.2, -0.15) is 5.10 Å². The van der Waals surface area contributed by atoms with Gasteiger partial charge in [-0.1, -0.05) is 42.5 Å². The molecule has 0 aliphatic carbocycles. The van der Waals surface area contributed by atoms with Crippen LogP contribution in [0.25, 0.3) is 22.3 Å². The number of carbonyl (C=O) groups is 1. The van der Waals surface area contributed by atoms with Crippen molar-refractivity contribution in [2.24, 2.45) is 7.05 Å². The molecular formula is C31H29N3O4. The summed E-state index contributed by atoms with van der Waals surface area (Å²) < 4.78 is 8.26. The highest BCUT2D eigenvalue weighted by Crippen LogP contribution is 2.33. The summed E-state index contributed by atoms with van der Waals surface area (Å²) in [6.07, 6.45) is 4.61. The Bertz CT molecular complexity index is 1710. The number of aromatic nitrogens is 2. The van der Waals surface area contributed by atoms with Gasteiger partial charge in [-0.05, 0) is 55.7 Å². The Morgan fingerprint density at radius 3 is 2.50 bits per heavy atom. The molecule has 0 unspecified atom stereocenters. The summed E-state index contributed by atoms with van der Waals surface area (Å²) in [7, 11) is 1.90. The van der Waals surface area contributed by atoms with Crippen LogP contribution in [0.3, 0.4) is 0 Å². The summed E-state index contributed by atoms with van der Waals surface area (Å²) >= 11 is 0. The number of aromatic carboxylic acids is 1. The number of rotatable bonds is 7. The van der Waals surface area contributed by atoms with E-state index >= 15 is 0 Å². The number of nitrogens with one attached hydrogen (secondary N) is 1. The van der Waals surface area contributed by atoms with Gasteiger partial charge in [0.2, 0.25) is 0 Å². The number of aryl methyl sites for hydroxylation is 2. The van der Waals surface area contributed by atoms with Gasteiger partial charge in [0, 0.05) is 42.0 Å². The van der Waals surface area contributed by atoms with Crippen molar-refractivity contribution >= 4 is 22.6 Å². The molecule has 0 aliphatic rings. The third-order valence-corrected chi connectivity index (χ3v) is 6.77. The summed E-state index contributed by atoms with van der Waals surface area (Å²) in [5, 5.41) is 17.6. The summed E-state index contributed by atoms with van der Waals surface area (Å²) in [5.74, 6) is -0.482. The van der Waals surface area contributed by atoms with Crippen LogP contribution in [0.15, 0.2) is 82.3 Å². The van der Waals surface area contributed by atoms with E-state index in [1.165, 1.54) is 0 Å². The molecule has 0 saturated heterocycles. The van der Waals surface area contributed by atoms with E-state index in [-0.39, 0.29) is 17.0 Å². The minimum absolute atomic E-state index is 0.0798. The van der Waals surface area contributed by atoms with Crippen LogP contribution in [0, 0.1) is 13.8 Å². The fraction of sp³-hybridized carbons (Fsp3) is 0.194. The van der Waals surface area contributed by atoms with Gasteiger partial charge in [-0.15, -0.1) is 0 Å². The van der Waals surface area contributed by atoms with E-state index in [0.29, 0.717) is 28.0 Å². The van der Waals surface area contributed by atoms with Crippen LogP contribution in [0.5, 0.6) is 0 Å². The summed E-state index contributed by atoms with van der Waals surface area (Å²) in [6, 6.07) is 18.3. The first-order valence-electron chi connectivity index (χ1n) is 12.4. The minimum Gasteiger partial charge on any atom is -0.478 e. The smallest absolute Gasteiger partial charge is 0.337 e. The van der Waals surface area contributed by atoms with E-state index < -0.39 is 5.97 Å². The van der Waals surface area contributed by atoms with Crippen LogP contribution in [-0.2, 0) is 13.5 Å². The predicted molar refractivity (Wildman–Crippen MR) is 149 cm³/mol. The van der Waals surface area contributed by atoms with E-state index in [9.17, 15) is 14.7 Å². The highest BCUT2D eigenvalue weighted by molar-refractivity contribution is 5.94. The summed E-state index contributed by atoms with van der Waals surface area (Å²) in [4.78, 5) is 25.2. The van der Waals surface area contributed by atoms with Gasteiger partial charge in [0.05, 0.1) is 23.2 Å². The molecule has 38 heavy (non-hydrogen) atoms. The third-order valence-electron chi connectivity index (χ3n) is 6.77. The second-order valence-electron chi connectivity index (χ2n) is 9.73. The van der Waals surface area contributed by atoms with Crippen molar-refractivity contribution < 1.29 is 14.3 Å². The van der Waals surface area contributed by atoms with E-state index in [4.69, 9.17) is 4.42 Å². The van der Waals surface area contributed by atoms with Gasteiger partial charge >= 0.3 is 5.97 Å². The van der Waals surface area contributed by atoms with Crippen molar-refractivity contribution in [2.45, 2.75) is 33.2 Å². The second-order valence-corrected chi connectivity index (χ2v) is 9.73. The van der Waals surface area contributed by atoms with E-state index in [0.717, 1.165) is 34.2 Å². The molecule has 0 aliphatic heterocycles. The van der Waals surface area contributed by atoms with Crippen molar-refractivity contribution in [3.05, 3.63) is 117 Å². The first kappa shape index (κ1) is 25.0. The topological polar surface area (TPSA) is 97.4 Å². The molecule has 0 saturated carbocycles. The SMILES string of the molecule is Cc1cc([C@@H](C)Nc2ccccc2C(=O)O)c2oc(-c3ccc(Cc4cnn(C)c4)cc3)c(C)c(=O)c2c1. The van der Waals surface area contributed by atoms with Gasteiger partial charge < -0.3 is 14.8 Å². The quantitative estimate of drug-likeness (QED) is 0.269. The van der Waals surface area contributed by atoms with Crippen molar-refractivity contribution in [3.8, 4) is 11.3 Å². The van der Waals surface area contributed by atoms with Crippen LogP contribution in [-0.4, -0.2) is 20.9 Å². The molecule has 0 spiro atoms. The zero-order chi connectivity index (χ0) is 27.0. The van der Waals surface area contributed by atoms with E-state index in [1.54, 1.807) is 35.9 Å². The zero-order valence-electron chi connectivity index (χ0n) is 21.8. The summed E-state index contributed by atoms with van der Waals surface area (Å²) in [6.45, 7) is 5.65. The molecule has 2 aromatic heterocycles. The van der Waals surface area contributed by atoms with Crippen LogP contribution >= 0.6 is 0 Å². The number of nitrogens with zero attached hydrogens (tertiary/aromatic N) is 2. The molecular weight excluding hydrogens is 478 g/mol. The highest BCUT2D eigenvalue weighted by atomic mass is 16.4. The Kier molecular flexibility index (Phi) is 6.59. The highest BCUT2D eigenvalue weighted by Gasteiger charge is 2.20. The molecule has 7 heteroatoms. The average molecular weight is 508 g/mol. The molecule has 0 fully saturated rings. The molecule has 5 aromatic rings. The van der Waals surface area contributed by atoms with E-state index in [1.807, 2.05) is 69.7 Å². The van der Waals surface area contributed by atoms with Crippen LogP contribution in [0.2, 0.25) is 0 Å². The van der Waals surface area contributed by atoms with Gasteiger partial charge in [-0.3, -0.25) is 9.48 Å². The lowest BCUT2D eigenvalue weighted by Crippen LogP contribution is -2.14. The van der Waals surface area contributed by atoms with Crippen LogP contribution in [0.4, 0.5) is 5.69 Å². The lowest BCUT2D eigenvalue weighted by atomic mass is 9.98. The van der Waals surface area contributed by atoms with Crippen LogP contribution < -0.4 is 10.7 Å². The molecule has 7 nitrogen and oxygen atoms in total. The fourth-order valence-corrected chi connectivity index (χ4v) is 4.84. The third kappa shape index (κ3) is 4.83. The number of para-hydroxylation sites is 1. The molecule has 192 valence electrons. The first-order valence-corrected chi connectivity index (χ1v) is 12.4. The van der Waals surface area contributed by atoms with Crippen molar-refractivity contribution in [3.63, 3.8) is 0 Å². The summed E-state index contributed by atoms with van der Waals surface area (Å²) in [5.41, 5.74) is 6.43. The Morgan fingerprint density at radius 2 is 1.82 bits per heavy atom. The zero-order valence-corrected chi connectivity index (χ0v) is 21.8. The maximum atomic E-state index is 13.5. The number of carboxylic acids is 1. The van der Waals surface area contributed by atoms with Crippen LogP contribution in [0.1, 0.15) is 51.1 Å². The first-order chi connectivity index (χ1) is 18.2. The van der Waals surface area contributed by atoms with Gasteiger partial charge in [-0.25, -0.2) is 4.79 Å². The molecule has 2 heterocycles. The minimum atomic E-state index is -1.01. The Morgan fingerprint density at radius 1 is 1.08 bits per heavy atom. The van der Waals surface area contributed by atoms with Gasteiger partial charge in [0.15, 0.2) is 5.43 Å². The van der Waals surface area contributed by atoms with Crippen molar-refractivity contribution in [1.29, 1.82) is 0 Å². The lowest BCUT2D eigenvalue weighted by Gasteiger charge is -2.20. The predicted octanol–water partition coefficient (Wildman–Crippen LogP) is 6.27. The number of fused-ring (bicyclic) bond motifs is 1. The maximum Gasteiger partial charge on any atom is 0.337 e. The van der Waals surface area contributed by atoms with Crippen molar-refractivity contribution in [2.75, 3.05) is 5.32 Å². The molecule has 3 aromatic carbocycles. The molecule has 0 amide bonds. The molecule has 1 atom stereocenters. The van der Waals surface area contributed by atoms with Gasteiger partial charge in [0.25, 0.3) is 0 Å². The average Bonchev–Trinajstić information content (AvgIpc) is 3.31. The largest absolute Gasteiger partial charge is 0.478 e. The molecule has 2 N–H and O–H groups in total. The normalized spacial score (nSPS) is 12.0. The molecule has 0 radical (unpaired) electrons. The Hall–Kier alpha value is -4.65. The monoisotopic (exact) mass is 507 g/mol. The van der Waals surface area contributed by atoms with Crippen molar-refractivity contribution in [1.82, 2.24) is 9.78 Å². The van der Waals surface area contributed by atoms with E-state index in [2.05, 4.69) is 10.4 Å². The fourth-order valence-electron chi connectivity index (χ4n) is 4.84. The lowest BCUT2D eigenvalue weighted by molar-refractivity contribution is 0.0698. The Balaban J connectivity index is 1.55. The number of anilines is 1. The number of hydrogen-bond acceptors (Lipinski definition) is 5. The van der Waals surface area contributed by atoms with Gasteiger partial charge in [0.1, 0.15) is 11.3 Å². The number of carboxylic acid groups (broad SMARTS) is 1. The molecule has 0 bridgehead atoms.